The molecule has 0 aliphatic carbocycles. The molecule has 31 heavy (non-hydrogen) atoms. The summed E-state index contributed by atoms with van der Waals surface area (Å²) in [6, 6.07) is 10.3. The number of aromatic amines is 1. The van der Waals surface area contributed by atoms with E-state index >= 15 is 0 Å². The molecule has 1 N–H and O–H groups in total. The van der Waals surface area contributed by atoms with Crippen LogP contribution in [0.4, 0.5) is 0 Å². The van der Waals surface area contributed by atoms with Crippen molar-refractivity contribution in [3.8, 4) is 5.75 Å². The van der Waals surface area contributed by atoms with Gasteiger partial charge in [0.05, 0.1) is 31.8 Å². The number of rotatable bonds is 5. The van der Waals surface area contributed by atoms with Gasteiger partial charge in [-0.05, 0) is 40.3 Å². The van der Waals surface area contributed by atoms with Crippen LogP contribution in [-0.4, -0.2) is 56.5 Å². The smallest absolute Gasteiger partial charge is 0.425 e. The van der Waals surface area contributed by atoms with E-state index in [1.165, 1.54) is 10.8 Å². The van der Waals surface area contributed by atoms with E-state index in [-0.39, 0.29) is 5.69 Å². The van der Waals surface area contributed by atoms with Crippen LogP contribution in [0.5, 0.6) is 5.75 Å². The van der Waals surface area contributed by atoms with Gasteiger partial charge in [-0.2, -0.15) is 0 Å². The number of nitrogens with zero attached hydrogens (tertiary/aromatic N) is 5. The average molecular weight is 419 g/mol. The highest BCUT2D eigenvalue weighted by Crippen LogP contribution is 2.29. The molecule has 4 aromatic rings. The highest BCUT2D eigenvalue weighted by molar-refractivity contribution is 5.87. The summed E-state index contributed by atoms with van der Waals surface area (Å²) in [7, 11) is 1.64. The number of hydrogen-bond acceptors (Lipinski definition) is 6. The normalized spacial score (nSPS) is 20.8. The van der Waals surface area contributed by atoms with Gasteiger partial charge in [-0.15, -0.1) is 0 Å². The fourth-order valence-electron chi connectivity index (χ4n) is 4.75. The summed E-state index contributed by atoms with van der Waals surface area (Å²) in [6.45, 7) is 3.00. The Morgan fingerprint density at radius 3 is 2.84 bits per heavy atom. The maximum Gasteiger partial charge on any atom is 0.425 e. The lowest BCUT2D eigenvalue weighted by Crippen LogP contribution is -2.36. The minimum atomic E-state index is -0.228. The Bertz CT molecular complexity index is 1330. The van der Waals surface area contributed by atoms with E-state index in [2.05, 4.69) is 21.0 Å². The van der Waals surface area contributed by atoms with Gasteiger partial charge in [0.2, 0.25) is 0 Å². The van der Waals surface area contributed by atoms with E-state index < -0.39 is 0 Å². The van der Waals surface area contributed by atoms with Crippen LogP contribution < -0.4 is 15.4 Å². The molecular weight excluding hydrogens is 396 g/mol. The number of morpholine rings is 1. The highest BCUT2D eigenvalue weighted by atomic mass is 16.5. The van der Waals surface area contributed by atoms with Crippen LogP contribution in [0.15, 0.2) is 47.7 Å². The third kappa shape index (κ3) is 3.08. The first-order valence-electron chi connectivity index (χ1n) is 10.4. The number of benzene rings is 1. The Labute approximate surface area is 177 Å². The zero-order valence-corrected chi connectivity index (χ0v) is 17.2. The number of aromatic nitrogens is 5. The predicted molar refractivity (Wildman–Crippen MR) is 112 cm³/mol. The van der Waals surface area contributed by atoms with Crippen molar-refractivity contribution < 1.29 is 14.5 Å². The van der Waals surface area contributed by atoms with Crippen LogP contribution in [0.1, 0.15) is 17.5 Å². The molecule has 2 aliphatic rings. The number of ether oxygens (including phenoxy) is 2. The van der Waals surface area contributed by atoms with Gasteiger partial charge >= 0.3 is 5.69 Å². The van der Waals surface area contributed by atoms with Gasteiger partial charge in [-0.3, -0.25) is 9.47 Å². The van der Waals surface area contributed by atoms with E-state index in [1.807, 2.05) is 30.5 Å². The van der Waals surface area contributed by atoms with Crippen LogP contribution in [0.3, 0.4) is 0 Å². The first-order valence-corrected chi connectivity index (χ1v) is 10.4. The van der Waals surface area contributed by atoms with Crippen LogP contribution in [-0.2, 0) is 17.8 Å². The zero-order valence-electron chi connectivity index (χ0n) is 17.2. The topological polar surface area (TPSA) is 88.0 Å². The molecule has 6 rings (SSSR count). The number of fused-ring (bicyclic) bond motifs is 5. The van der Waals surface area contributed by atoms with Gasteiger partial charge in [0.1, 0.15) is 5.75 Å². The first kappa shape index (κ1) is 18.5. The van der Waals surface area contributed by atoms with Crippen LogP contribution >= 0.6 is 0 Å². The molecule has 2 fully saturated rings. The number of H-pyrrole nitrogens is 1. The van der Waals surface area contributed by atoms with Gasteiger partial charge in [0.25, 0.3) is 12.0 Å². The molecular formula is C22H23N6O3+. The van der Waals surface area contributed by atoms with Gasteiger partial charge in [0, 0.05) is 30.4 Å². The maximum absolute atomic E-state index is 13.1. The lowest BCUT2D eigenvalue weighted by molar-refractivity contribution is -0.345. The molecule has 158 valence electrons. The number of nitrogens with one attached hydrogen (secondary N) is 1. The van der Waals surface area contributed by atoms with Crippen molar-refractivity contribution in [3.05, 3.63) is 64.5 Å². The largest absolute Gasteiger partial charge is 0.497 e. The Balaban J connectivity index is 1.42. The third-order valence-electron chi connectivity index (χ3n) is 6.33. The molecule has 2 saturated heterocycles. The first-order chi connectivity index (χ1) is 15.2. The molecule has 1 aromatic carbocycles. The summed E-state index contributed by atoms with van der Waals surface area (Å²) in [5.41, 5.74) is 3.17. The van der Waals surface area contributed by atoms with Crippen LogP contribution in [0.25, 0.3) is 16.7 Å². The van der Waals surface area contributed by atoms with Gasteiger partial charge in [0.15, 0.2) is 5.65 Å². The second kappa shape index (κ2) is 7.14. The molecule has 2 bridgehead atoms. The van der Waals surface area contributed by atoms with Gasteiger partial charge in [-0.1, -0.05) is 12.1 Å². The van der Waals surface area contributed by atoms with Gasteiger partial charge in [-0.25, -0.2) is 14.8 Å². The molecule has 2 aliphatic heterocycles. The van der Waals surface area contributed by atoms with E-state index in [1.54, 1.807) is 11.7 Å². The summed E-state index contributed by atoms with van der Waals surface area (Å²) >= 11 is 0. The quantitative estimate of drug-likeness (QED) is 0.477. The van der Waals surface area contributed by atoms with Crippen molar-refractivity contribution in [3.63, 3.8) is 0 Å². The third-order valence-corrected chi connectivity index (χ3v) is 6.33. The van der Waals surface area contributed by atoms with E-state index in [9.17, 15) is 4.79 Å². The molecule has 0 amide bonds. The molecule has 2 atom stereocenters. The molecule has 9 nitrogen and oxygen atoms in total. The predicted octanol–water partition coefficient (Wildman–Crippen LogP) is 0.888. The summed E-state index contributed by atoms with van der Waals surface area (Å²) in [6.07, 6.45) is 4.90. The Morgan fingerprint density at radius 2 is 2.10 bits per heavy atom. The Morgan fingerprint density at radius 1 is 1.23 bits per heavy atom. The second-order valence-corrected chi connectivity index (χ2v) is 8.26. The van der Waals surface area contributed by atoms with Crippen molar-refractivity contribution >= 4 is 16.7 Å². The number of methoxy groups -OCH3 is 1. The summed E-state index contributed by atoms with van der Waals surface area (Å²) in [5.74, 6) is 0.780. The molecule has 3 aromatic heterocycles. The summed E-state index contributed by atoms with van der Waals surface area (Å²) < 4.78 is 14.0. The number of pyridine rings is 1. The highest BCUT2D eigenvalue weighted by Gasteiger charge is 2.38. The van der Waals surface area contributed by atoms with Gasteiger partial charge < -0.3 is 9.47 Å². The minimum Gasteiger partial charge on any atom is -0.497 e. The van der Waals surface area contributed by atoms with Crippen molar-refractivity contribution in [1.82, 2.24) is 24.1 Å². The van der Waals surface area contributed by atoms with Crippen LogP contribution in [0.2, 0.25) is 0 Å². The Kier molecular flexibility index (Phi) is 4.25. The Hall–Kier alpha value is -3.30. The standard InChI is InChI=1S/C22H22N6O3/c1-30-17-4-2-14(3-5-17)10-27-20-19(21-24-13-25-28(21)22(27)29)6-15(8-23-20)9-26-11-18-7-16(26)12-31-18/h2-6,8,13,16,18H,7,9-12H2,1H3/p+1. The average Bonchev–Trinajstić information content (AvgIpc) is 3.54. The zero-order chi connectivity index (χ0) is 20.9. The summed E-state index contributed by atoms with van der Waals surface area (Å²) in [5, 5.41) is 5.09. The summed E-state index contributed by atoms with van der Waals surface area (Å²) in [4.78, 5) is 23.4. The lowest BCUT2D eigenvalue weighted by Gasteiger charge is -2.26. The maximum atomic E-state index is 13.1. The van der Waals surface area contributed by atoms with Crippen molar-refractivity contribution in [2.75, 3.05) is 20.3 Å². The fraction of sp³-hybridized carbons (Fsp3) is 0.364. The fourth-order valence-corrected chi connectivity index (χ4v) is 4.75. The number of likely N-dealkylation sites (tertiary alicyclic amines) is 1. The SMILES string of the molecule is COc1ccc(Cn2c(=O)n3nc[nH+]c3c3cc(CN4CC5CC4CO5)cnc32)cc1. The minimum absolute atomic E-state index is 0.228. The lowest BCUT2D eigenvalue weighted by atomic mass is 10.2. The van der Waals surface area contributed by atoms with E-state index in [4.69, 9.17) is 14.5 Å². The number of hydrogen-bond donors (Lipinski definition) is 0. The van der Waals surface area contributed by atoms with E-state index in [0.29, 0.717) is 30.0 Å². The molecule has 0 radical (unpaired) electrons. The van der Waals surface area contributed by atoms with Crippen LogP contribution in [0, 0.1) is 0 Å². The second-order valence-electron chi connectivity index (χ2n) is 8.26. The van der Waals surface area contributed by atoms with E-state index in [0.717, 1.165) is 48.4 Å². The molecule has 5 heterocycles. The molecule has 0 spiro atoms. The molecule has 0 saturated carbocycles. The molecule has 2 unspecified atom stereocenters. The monoisotopic (exact) mass is 419 g/mol. The molecule has 9 heteroatoms. The van der Waals surface area contributed by atoms with Crippen molar-refractivity contribution in [2.45, 2.75) is 31.7 Å². The van der Waals surface area contributed by atoms with Crippen molar-refractivity contribution in [1.29, 1.82) is 0 Å². The van der Waals surface area contributed by atoms with Crippen molar-refractivity contribution in [2.24, 2.45) is 0 Å².